The van der Waals surface area contributed by atoms with Gasteiger partial charge < -0.3 is 29.2 Å². The fraction of sp³-hybridized carbons (Fsp3) is 0.400. The van der Waals surface area contributed by atoms with Crippen molar-refractivity contribution in [1.29, 1.82) is 0 Å². The number of aromatic hydroxyl groups is 3. The maximum absolute atomic E-state index is 14.3. The fourth-order valence-electron chi connectivity index (χ4n) is 6.46. The quantitative estimate of drug-likeness (QED) is 0.268. The summed E-state index contributed by atoms with van der Waals surface area (Å²) in [5.41, 5.74) is 3.38. The normalized spacial score (nSPS) is 19.0. The van der Waals surface area contributed by atoms with Crippen LogP contribution in [0.25, 0.3) is 28.4 Å². The third-order valence-corrected chi connectivity index (χ3v) is 8.72. The molecule has 0 bridgehead atoms. The van der Waals surface area contributed by atoms with E-state index in [0.717, 1.165) is 12.8 Å². The highest BCUT2D eigenvalue weighted by atomic mass is 16.5. The van der Waals surface area contributed by atoms with Gasteiger partial charge >= 0.3 is 0 Å². The smallest absolute Gasteiger partial charge is 0.200 e. The molecule has 1 aromatic heterocycles. The molecule has 1 aliphatic carbocycles. The largest absolute Gasteiger partial charge is 0.507 e. The molecule has 3 aromatic rings. The zero-order chi connectivity index (χ0) is 30.3. The minimum Gasteiger partial charge on any atom is -0.507 e. The van der Waals surface area contributed by atoms with Crippen molar-refractivity contribution >= 4 is 17.0 Å². The Morgan fingerprint density at radius 3 is 2.48 bits per heavy atom. The van der Waals surface area contributed by atoms with Gasteiger partial charge in [-0.25, -0.2) is 0 Å². The number of hydrogen-bond acceptors (Lipinski definition) is 7. The third kappa shape index (κ3) is 4.29. The van der Waals surface area contributed by atoms with Crippen molar-refractivity contribution < 1.29 is 29.2 Å². The molecule has 220 valence electrons. The van der Waals surface area contributed by atoms with Crippen molar-refractivity contribution in [3.8, 4) is 40.1 Å². The van der Waals surface area contributed by atoms with Gasteiger partial charge in [-0.1, -0.05) is 23.3 Å². The standard InChI is InChI=1S/C35H38O7/c1-17(2)9-8-10-18(3)11-12-19-28(38)27-29(39)21-15-22-25-26(23(36)16-24(37)33(25)42-35(22,6)7)32(21)40-31(27)20-13-14-34(4,5)41-30(19)20/h9,11,13-14,16,22,36-38H,8,10,12,15H2,1-7H3/b18-11+/t22-/m0/s1. The Morgan fingerprint density at radius 2 is 1.76 bits per heavy atom. The van der Waals surface area contributed by atoms with Crippen LogP contribution in [-0.2, 0) is 12.8 Å². The van der Waals surface area contributed by atoms with E-state index >= 15 is 0 Å². The molecule has 0 radical (unpaired) electrons. The summed E-state index contributed by atoms with van der Waals surface area (Å²) in [6.45, 7) is 13.9. The third-order valence-electron chi connectivity index (χ3n) is 8.72. The molecule has 7 heteroatoms. The molecule has 0 spiro atoms. The molecule has 1 atom stereocenters. The van der Waals surface area contributed by atoms with Crippen molar-refractivity contribution in [1.82, 2.24) is 0 Å². The van der Waals surface area contributed by atoms with Gasteiger partial charge in [0.25, 0.3) is 0 Å². The van der Waals surface area contributed by atoms with Gasteiger partial charge in [-0.05, 0) is 86.3 Å². The second-order valence-corrected chi connectivity index (χ2v) is 13.1. The van der Waals surface area contributed by atoms with E-state index in [2.05, 4.69) is 32.9 Å². The molecule has 3 N–H and O–H groups in total. The highest BCUT2D eigenvalue weighted by molar-refractivity contribution is 5.97. The molecule has 3 aliphatic rings. The minimum atomic E-state index is -0.736. The number of benzene rings is 2. The van der Waals surface area contributed by atoms with Crippen LogP contribution < -0.4 is 14.9 Å². The zero-order valence-corrected chi connectivity index (χ0v) is 25.3. The lowest BCUT2D eigenvalue weighted by Crippen LogP contribution is -2.34. The molecular formula is C35H38O7. The first-order valence-corrected chi connectivity index (χ1v) is 14.5. The number of fused-ring (bicyclic) bond motifs is 5. The molecule has 7 nitrogen and oxygen atoms in total. The SMILES string of the molecule is CC(C)=CCC/C(C)=C/Cc1c2c(c3oc4c(c(=O)c3c1O)C[C@H]1c3c(c(O)cc(O)c3-4)OC1(C)C)C=CC(C)(C)O2. The van der Waals surface area contributed by atoms with E-state index in [1.807, 2.05) is 39.8 Å². The molecule has 6 rings (SSSR count). The molecule has 3 heterocycles. The van der Waals surface area contributed by atoms with Gasteiger partial charge in [-0.3, -0.25) is 4.79 Å². The highest BCUT2D eigenvalue weighted by Gasteiger charge is 2.49. The van der Waals surface area contributed by atoms with Crippen LogP contribution >= 0.6 is 0 Å². The predicted octanol–water partition coefficient (Wildman–Crippen LogP) is 7.81. The fourth-order valence-corrected chi connectivity index (χ4v) is 6.46. The number of rotatable bonds is 5. The Balaban J connectivity index is 1.59. The summed E-state index contributed by atoms with van der Waals surface area (Å²) in [5.74, 6) is 0.186. The second kappa shape index (κ2) is 9.45. The predicted molar refractivity (Wildman–Crippen MR) is 164 cm³/mol. The van der Waals surface area contributed by atoms with Crippen LogP contribution in [0.2, 0.25) is 0 Å². The zero-order valence-electron chi connectivity index (χ0n) is 25.3. The monoisotopic (exact) mass is 570 g/mol. The summed E-state index contributed by atoms with van der Waals surface area (Å²) >= 11 is 0. The van der Waals surface area contributed by atoms with Crippen molar-refractivity contribution in [3.05, 3.63) is 67.9 Å². The van der Waals surface area contributed by atoms with Gasteiger partial charge in [-0.15, -0.1) is 0 Å². The summed E-state index contributed by atoms with van der Waals surface area (Å²) in [7, 11) is 0. The molecule has 0 amide bonds. The van der Waals surface area contributed by atoms with Crippen LogP contribution in [0.3, 0.4) is 0 Å². The van der Waals surface area contributed by atoms with E-state index in [0.29, 0.717) is 45.7 Å². The van der Waals surface area contributed by atoms with Gasteiger partial charge in [-0.2, -0.15) is 0 Å². The molecule has 0 saturated carbocycles. The Labute approximate surface area is 245 Å². The number of phenolic OH excluding ortho intramolecular Hbond substituents is 3. The number of allylic oxidation sites excluding steroid dienone is 4. The number of hydrogen-bond donors (Lipinski definition) is 3. The topological polar surface area (TPSA) is 109 Å². The molecule has 0 fully saturated rings. The maximum atomic E-state index is 14.3. The van der Waals surface area contributed by atoms with Crippen LogP contribution in [0, 0.1) is 0 Å². The van der Waals surface area contributed by atoms with Crippen molar-refractivity contribution in [2.75, 3.05) is 0 Å². The van der Waals surface area contributed by atoms with E-state index in [-0.39, 0.29) is 51.7 Å². The van der Waals surface area contributed by atoms with Gasteiger partial charge in [0, 0.05) is 28.7 Å². The summed E-state index contributed by atoms with van der Waals surface area (Å²) in [4.78, 5) is 14.3. The molecule has 2 aromatic carbocycles. The van der Waals surface area contributed by atoms with E-state index in [1.165, 1.54) is 17.2 Å². The number of ether oxygens (including phenoxy) is 2. The molecular weight excluding hydrogens is 532 g/mol. The lowest BCUT2D eigenvalue weighted by Gasteiger charge is -2.32. The summed E-state index contributed by atoms with van der Waals surface area (Å²) < 4.78 is 19.0. The molecule has 0 saturated heterocycles. The second-order valence-electron chi connectivity index (χ2n) is 13.1. The first kappa shape index (κ1) is 28.0. The first-order valence-electron chi connectivity index (χ1n) is 14.5. The first-order chi connectivity index (χ1) is 19.7. The van der Waals surface area contributed by atoms with Crippen LogP contribution in [0.15, 0.2) is 44.7 Å². The van der Waals surface area contributed by atoms with E-state index in [1.54, 1.807) is 0 Å². The Hall–Kier alpha value is -4.13. The van der Waals surface area contributed by atoms with Crippen LogP contribution in [0.5, 0.6) is 28.7 Å². The van der Waals surface area contributed by atoms with Crippen LogP contribution in [-0.4, -0.2) is 26.5 Å². The van der Waals surface area contributed by atoms with Crippen LogP contribution in [0.4, 0.5) is 0 Å². The summed E-state index contributed by atoms with van der Waals surface area (Å²) in [6.07, 6.45) is 10.6. The average Bonchev–Trinajstić information content (AvgIpc) is 3.16. The van der Waals surface area contributed by atoms with E-state index in [9.17, 15) is 20.1 Å². The Bertz CT molecular complexity index is 1810. The van der Waals surface area contributed by atoms with Gasteiger partial charge in [0.1, 0.15) is 39.6 Å². The Morgan fingerprint density at radius 1 is 1.02 bits per heavy atom. The minimum absolute atomic E-state index is 0.102. The lowest BCUT2D eigenvalue weighted by molar-refractivity contribution is 0.106. The number of phenols is 3. The Kier molecular flexibility index (Phi) is 6.30. The van der Waals surface area contributed by atoms with Crippen LogP contribution in [0.1, 0.15) is 89.5 Å². The average molecular weight is 571 g/mol. The molecule has 42 heavy (non-hydrogen) atoms. The maximum Gasteiger partial charge on any atom is 0.200 e. The van der Waals surface area contributed by atoms with Gasteiger partial charge in [0.05, 0.1) is 11.1 Å². The molecule has 0 unspecified atom stereocenters. The summed E-state index contributed by atoms with van der Waals surface area (Å²) in [6, 6.07) is 1.22. The van der Waals surface area contributed by atoms with E-state index in [4.69, 9.17) is 13.9 Å². The van der Waals surface area contributed by atoms with Crippen molar-refractivity contribution in [2.24, 2.45) is 0 Å². The van der Waals surface area contributed by atoms with Crippen molar-refractivity contribution in [2.45, 2.75) is 91.3 Å². The van der Waals surface area contributed by atoms with Crippen molar-refractivity contribution in [3.63, 3.8) is 0 Å². The van der Waals surface area contributed by atoms with Gasteiger partial charge in [0.15, 0.2) is 22.5 Å². The summed E-state index contributed by atoms with van der Waals surface area (Å²) in [5, 5.41) is 33.4. The lowest BCUT2D eigenvalue weighted by atomic mass is 9.74. The van der Waals surface area contributed by atoms with E-state index < -0.39 is 11.2 Å². The van der Waals surface area contributed by atoms with Gasteiger partial charge in [0.2, 0.25) is 0 Å². The molecule has 2 aliphatic heterocycles. The highest BCUT2D eigenvalue weighted by Crippen LogP contribution is 2.60.